The van der Waals surface area contributed by atoms with Gasteiger partial charge in [-0.25, -0.2) is 9.18 Å². The van der Waals surface area contributed by atoms with Crippen molar-refractivity contribution in [2.24, 2.45) is 0 Å². The van der Waals surface area contributed by atoms with Crippen LogP contribution in [0.3, 0.4) is 0 Å². The number of hydrogen-bond donors (Lipinski definition) is 2. The fourth-order valence-electron chi connectivity index (χ4n) is 4.46. The molecule has 4 rings (SSSR count). The fourth-order valence-corrected chi connectivity index (χ4v) is 4.46. The summed E-state index contributed by atoms with van der Waals surface area (Å²) >= 11 is 0. The third kappa shape index (κ3) is 6.49. The zero-order valence-corrected chi connectivity index (χ0v) is 19.7. The summed E-state index contributed by atoms with van der Waals surface area (Å²) in [6.07, 6.45) is 5.59. The summed E-state index contributed by atoms with van der Waals surface area (Å²) in [5.74, 6) is -1.01. The molecule has 2 aromatic carbocycles. The van der Waals surface area contributed by atoms with Gasteiger partial charge >= 0.3 is 6.03 Å². The van der Waals surface area contributed by atoms with Crippen molar-refractivity contribution < 1.29 is 23.5 Å². The number of urea groups is 1. The Morgan fingerprint density at radius 1 is 0.886 bits per heavy atom. The van der Waals surface area contributed by atoms with Gasteiger partial charge in [0.25, 0.3) is 11.8 Å². The van der Waals surface area contributed by atoms with Gasteiger partial charge < -0.3 is 25.2 Å². The van der Waals surface area contributed by atoms with Gasteiger partial charge in [0.2, 0.25) is 0 Å². The van der Waals surface area contributed by atoms with E-state index in [9.17, 15) is 18.8 Å². The predicted octanol–water partition coefficient (Wildman–Crippen LogP) is 3.64. The Hall–Kier alpha value is -3.62. The first-order chi connectivity index (χ1) is 17.0. The Morgan fingerprint density at radius 2 is 1.54 bits per heavy atom. The van der Waals surface area contributed by atoms with Crippen molar-refractivity contribution in [1.82, 2.24) is 15.1 Å². The molecule has 1 aliphatic heterocycles. The zero-order valence-electron chi connectivity index (χ0n) is 19.7. The third-order valence-corrected chi connectivity index (χ3v) is 6.41. The average molecular weight is 483 g/mol. The molecule has 0 unspecified atom stereocenters. The maximum atomic E-state index is 13.7. The van der Waals surface area contributed by atoms with Crippen molar-refractivity contribution in [3.8, 4) is 5.75 Å². The van der Waals surface area contributed by atoms with Gasteiger partial charge in [-0.3, -0.25) is 9.59 Å². The highest BCUT2D eigenvalue weighted by Crippen LogP contribution is 2.22. The zero-order chi connectivity index (χ0) is 24.6. The molecule has 0 atom stereocenters. The number of amides is 4. The van der Waals surface area contributed by atoms with Gasteiger partial charge in [0.15, 0.2) is 6.61 Å². The molecule has 35 heavy (non-hydrogen) atoms. The van der Waals surface area contributed by atoms with Gasteiger partial charge in [-0.15, -0.1) is 0 Å². The summed E-state index contributed by atoms with van der Waals surface area (Å²) in [6.45, 7) is 1.38. The molecule has 8 nitrogen and oxygen atoms in total. The second-order valence-electron chi connectivity index (χ2n) is 8.88. The molecular formula is C26H31FN4O4. The van der Waals surface area contributed by atoms with Crippen LogP contribution < -0.4 is 15.4 Å². The molecule has 2 aromatic rings. The summed E-state index contributed by atoms with van der Waals surface area (Å²) < 4.78 is 19.4. The van der Waals surface area contributed by atoms with Gasteiger partial charge in [-0.05, 0) is 37.1 Å². The van der Waals surface area contributed by atoms with Crippen LogP contribution in [0, 0.1) is 5.82 Å². The van der Waals surface area contributed by atoms with Crippen LogP contribution in [0.4, 0.5) is 14.9 Å². The number of carbonyl (C=O) groups excluding carboxylic acids is 3. The van der Waals surface area contributed by atoms with E-state index >= 15 is 0 Å². The van der Waals surface area contributed by atoms with E-state index in [0.717, 1.165) is 25.7 Å². The molecule has 0 aromatic heterocycles. The minimum absolute atomic E-state index is 0.0615. The number of anilines is 1. The summed E-state index contributed by atoms with van der Waals surface area (Å²) in [5.41, 5.74) is 0.405. The smallest absolute Gasteiger partial charge is 0.317 e. The molecule has 2 aliphatic rings. The Labute approximate surface area is 204 Å². The lowest BCUT2D eigenvalue weighted by molar-refractivity contribution is -0.118. The van der Waals surface area contributed by atoms with Gasteiger partial charge in [0.05, 0.1) is 11.3 Å². The standard InChI is InChI=1S/C26H31FN4O4/c27-21-11-5-6-12-22(21)29-24(32)18-35-23-13-7-4-10-20(23)25(33)30-14-16-31(17-15-30)26(34)28-19-8-2-1-3-9-19/h4-7,10-13,19H,1-3,8-9,14-18H2,(H,28,34)(H,29,32). The van der Waals surface area contributed by atoms with Crippen molar-refractivity contribution in [3.05, 3.63) is 59.9 Å². The fraction of sp³-hybridized carbons (Fsp3) is 0.423. The number of nitrogens with zero attached hydrogens (tertiary/aromatic N) is 2. The van der Waals surface area contributed by atoms with E-state index in [4.69, 9.17) is 4.74 Å². The van der Waals surface area contributed by atoms with Gasteiger partial charge in [0.1, 0.15) is 11.6 Å². The summed E-state index contributed by atoms with van der Waals surface area (Å²) in [7, 11) is 0. The number of carbonyl (C=O) groups is 3. The van der Waals surface area contributed by atoms with E-state index in [-0.39, 0.29) is 36.0 Å². The number of para-hydroxylation sites is 2. The number of hydrogen-bond acceptors (Lipinski definition) is 4. The minimum Gasteiger partial charge on any atom is -0.483 e. The van der Waals surface area contributed by atoms with Crippen molar-refractivity contribution in [1.29, 1.82) is 0 Å². The molecule has 9 heteroatoms. The van der Waals surface area contributed by atoms with E-state index in [1.165, 1.54) is 24.6 Å². The lowest BCUT2D eigenvalue weighted by Gasteiger charge is -2.36. The Bertz CT molecular complexity index is 1050. The molecule has 2 fully saturated rings. The number of piperazine rings is 1. The van der Waals surface area contributed by atoms with Gasteiger partial charge in [-0.1, -0.05) is 43.5 Å². The van der Waals surface area contributed by atoms with Crippen LogP contribution in [0.5, 0.6) is 5.75 Å². The van der Waals surface area contributed by atoms with Crippen LogP contribution in [-0.4, -0.2) is 66.5 Å². The highest BCUT2D eigenvalue weighted by atomic mass is 19.1. The first-order valence-electron chi connectivity index (χ1n) is 12.1. The largest absolute Gasteiger partial charge is 0.483 e. The number of ether oxygens (including phenoxy) is 1. The van der Waals surface area contributed by atoms with Crippen molar-refractivity contribution >= 4 is 23.5 Å². The second kappa shape index (κ2) is 11.7. The quantitative estimate of drug-likeness (QED) is 0.658. The van der Waals surface area contributed by atoms with Gasteiger partial charge in [-0.2, -0.15) is 0 Å². The number of halogens is 1. The van der Waals surface area contributed by atoms with E-state index in [1.54, 1.807) is 40.1 Å². The second-order valence-corrected chi connectivity index (χ2v) is 8.88. The lowest BCUT2D eigenvalue weighted by atomic mass is 9.96. The van der Waals surface area contributed by atoms with Crippen LogP contribution in [0.2, 0.25) is 0 Å². The van der Waals surface area contributed by atoms with Crippen LogP contribution in [0.15, 0.2) is 48.5 Å². The summed E-state index contributed by atoms with van der Waals surface area (Å²) in [5, 5.41) is 5.58. The Kier molecular flexibility index (Phi) is 8.18. The maximum absolute atomic E-state index is 13.7. The van der Waals surface area contributed by atoms with Crippen LogP contribution in [-0.2, 0) is 4.79 Å². The lowest BCUT2D eigenvalue weighted by Crippen LogP contribution is -2.54. The van der Waals surface area contributed by atoms with Crippen LogP contribution in [0.25, 0.3) is 0 Å². The normalized spacial score (nSPS) is 16.5. The molecule has 2 N–H and O–H groups in total. The Balaban J connectivity index is 1.29. The summed E-state index contributed by atoms with van der Waals surface area (Å²) in [6, 6.07) is 12.8. The topological polar surface area (TPSA) is 91.0 Å². The maximum Gasteiger partial charge on any atom is 0.317 e. The molecule has 0 bridgehead atoms. The highest BCUT2D eigenvalue weighted by molar-refractivity contribution is 5.97. The molecule has 186 valence electrons. The third-order valence-electron chi connectivity index (χ3n) is 6.41. The molecule has 1 saturated heterocycles. The predicted molar refractivity (Wildman–Crippen MR) is 130 cm³/mol. The molecule has 4 amide bonds. The molecule has 1 saturated carbocycles. The number of benzene rings is 2. The average Bonchev–Trinajstić information content (AvgIpc) is 2.89. The molecular weight excluding hydrogens is 451 g/mol. The SMILES string of the molecule is O=C(COc1ccccc1C(=O)N1CCN(C(=O)NC2CCCCC2)CC1)Nc1ccccc1F. The van der Waals surface area contributed by atoms with E-state index in [1.807, 2.05) is 0 Å². The highest BCUT2D eigenvalue weighted by Gasteiger charge is 2.27. The van der Waals surface area contributed by atoms with E-state index in [0.29, 0.717) is 31.7 Å². The van der Waals surface area contributed by atoms with Crippen molar-refractivity contribution in [3.63, 3.8) is 0 Å². The van der Waals surface area contributed by atoms with E-state index in [2.05, 4.69) is 10.6 Å². The molecule has 0 spiro atoms. The van der Waals surface area contributed by atoms with Gasteiger partial charge in [0, 0.05) is 32.2 Å². The Morgan fingerprint density at radius 3 is 2.29 bits per heavy atom. The van der Waals surface area contributed by atoms with E-state index < -0.39 is 11.7 Å². The van der Waals surface area contributed by atoms with Crippen molar-refractivity contribution in [2.45, 2.75) is 38.1 Å². The first-order valence-corrected chi connectivity index (χ1v) is 12.1. The minimum atomic E-state index is -0.539. The first kappa shape index (κ1) is 24.5. The van der Waals surface area contributed by atoms with Crippen molar-refractivity contribution in [2.75, 3.05) is 38.1 Å². The van der Waals surface area contributed by atoms with Crippen LogP contribution >= 0.6 is 0 Å². The summed E-state index contributed by atoms with van der Waals surface area (Å²) in [4.78, 5) is 41.4. The number of nitrogens with one attached hydrogen (secondary N) is 2. The number of rotatable bonds is 6. The molecule has 1 heterocycles. The monoisotopic (exact) mass is 482 g/mol. The molecule has 1 aliphatic carbocycles. The molecule has 0 radical (unpaired) electrons. The van der Waals surface area contributed by atoms with Crippen LogP contribution in [0.1, 0.15) is 42.5 Å².